The van der Waals surface area contributed by atoms with E-state index in [1.165, 1.54) is 17.0 Å². The van der Waals surface area contributed by atoms with Gasteiger partial charge in [0, 0.05) is 28.3 Å². The molecule has 0 bridgehead atoms. The molecule has 2 N–H and O–H groups in total. The lowest BCUT2D eigenvalue weighted by Gasteiger charge is -2.33. The number of halogens is 1. The molecule has 180 valence electrons. The van der Waals surface area contributed by atoms with Crippen LogP contribution in [0.15, 0.2) is 96.6 Å². The van der Waals surface area contributed by atoms with Gasteiger partial charge in [-0.05, 0) is 12.1 Å². The van der Waals surface area contributed by atoms with Crippen molar-refractivity contribution in [2.24, 2.45) is 0 Å². The van der Waals surface area contributed by atoms with Crippen LogP contribution in [0, 0.1) is 5.82 Å². The number of rotatable bonds is 7. The summed E-state index contributed by atoms with van der Waals surface area (Å²) in [5.74, 6) is 4.30. The first-order chi connectivity index (χ1) is 17.1. The van der Waals surface area contributed by atoms with Crippen LogP contribution < -0.4 is 9.99 Å². The third-order valence-electron chi connectivity index (χ3n) is 6.40. The standard InChI is InChI=1S/C28H28FN2O3P/c29-25-13-11-22(12-14-25)26(31-15-17-33-18-16-31)19-30-35(32)20-27(23-7-3-1-4-8-23)34-28(21-35)24-9-5-2-6-10-24/h1-14,20-21,26H,15-19H2,(H,30,32)/p+1/t26-/m0/s1. The molecule has 7 heteroatoms. The van der Waals surface area contributed by atoms with Crippen LogP contribution in [-0.2, 0) is 14.0 Å². The third-order valence-corrected chi connectivity index (χ3v) is 8.31. The van der Waals surface area contributed by atoms with Crippen molar-refractivity contribution in [2.45, 2.75) is 6.04 Å². The summed E-state index contributed by atoms with van der Waals surface area (Å²) in [6, 6.07) is 26.0. The van der Waals surface area contributed by atoms with Gasteiger partial charge in [0.1, 0.15) is 36.5 Å². The van der Waals surface area contributed by atoms with Gasteiger partial charge in [0.25, 0.3) is 0 Å². The van der Waals surface area contributed by atoms with Crippen LogP contribution in [-0.4, -0.2) is 32.8 Å². The predicted octanol–water partition coefficient (Wildman–Crippen LogP) is 4.68. The Morgan fingerprint density at radius 2 is 1.37 bits per heavy atom. The second kappa shape index (κ2) is 10.7. The van der Waals surface area contributed by atoms with Crippen molar-refractivity contribution in [2.75, 3.05) is 32.8 Å². The highest BCUT2D eigenvalue weighted by Crippen LogP contribution is 2.53. The van der Waals surface area contributed by atoms with Crippen molar-refractivity contribution in [3.63, 3.8) is 0 Å². The Bertz CT molecular complexity index is 1180. The minimum atomic E-state index is -3.11. The summed E-state index contributed by atoms with van der Waals surface area (Å²) in [5, 5.41) is 3.38. The summed E-state index contributed by atoms with van der Waals surface area (Å²) in [5.41, 5.74) is 2.74. The van der Waals surface area contributed by atoms with Crippen LogP contribution in [0.3, 0.4) is 0 Å². The molecular weight excluding hydrogens is 462 g/mol. The van der Waals surface area contributed by atoms with E-state index in [1.807, 2.05) is 72.8 Å². The molecule has 35 heavy (non-hydrogen) atoms. The maximum atomic E-state index is 14.2. The molecule has 0 radical (unpaired) electrons. The van der Waals surface area contributed by atoms with Gasteiger partial charge >= 0.3 is 0 Å². The quantitative estimate of drug-likeness (QED) is 0.472. The summed E-state index contributed by atoms with van der Waals surface area (Å²) in [4.78, 5) is 1.33. The molecule has 0 spiro atoms. The summed E-state index contributed by atoms with van der Waals surface area (Å²) in [7, 11) is -3.11. The lowest BCUT2D eigenvalue weighted by atomic mass is 10.0. The first-order valence-electron chi connectivity index (χ1n) is 11.9. The number of morpholine rings is 1. The van der Waals surface area contributed by atoms with Gasteiger partial charge in [0.15, 0.2) is 7.29 Å². The Kier molecular flexibility index (Phi) is 7.26. The molecule has 2 aliphatic heterocycles. The first kappa shape index (κ1) is 23.7. The van der Waals surface area contributed by atoms with Gasteiger partial charge in [-0.2, -0.15) is 0 Å². The van der Waals surface area contributed by atoms with Gasteiger partial charge in [0.05, 0.1) is 19.8 Å². The van der Waals surface area contributed by atoms with Crippen molar-refractivity contribution < 1.29 is 23.3 Å². The molecule has 2 heterocycles. The second-order valence-electron chi connectivity index (χ2n) is 8.77. The predicted molar refractivity (Wildman–Crippen MR) is 136 cm³/mol. The number of ether oxygens (including phenoxy) is 2. The molecule has 0 amide bonds. The highest BCUT2D eigenvalue weighted by atomic mass is 31.2. The van der Waals surface area contributed by atoms with E-state index in [0.29, 0.717) is 31.3 Å². The minimum Gasteiger partial charge on any atom is -0.456 e. The van der Waals surface area contributed by atoms with E-state index in [4.69, 9.17) is 9.47 Å². The van der Waals surface area contributed by atoms with Crippen molar-refractivity contribution in [3.8, 4) is 0 Å². The second-order valence-corrected chi connectivity index (χ2v) is 11.0. The fourth-order valence-electron chi connectivity index (χ4n) is 4.53. The summed E-state index contributed by atoms with van der Waals surface area (Å²) >= 11 is 0. The average Bonchev–Trinajstić information content (AvgIpc) is 2.91. The van der Waals surface area contributed by atoms with Gasteiger partial charge < -0.3 is 14.4 Å². The fraction of sp³-hybridized carbons (Fsp3) is 0.214. The Labute approximate surface area is 205 Å². The molecule has 0 aliphatic carbocycles. The molecule has 2 aliphatic rings. The molecule has 0 aromatic heterocycles. The van der Waals surface area contributed by atoms with E-state index >= 15 is 0 Å². The lowest BCUT2D eigenvalue weighted by molar-refractivity contribution is -0.937. The van der Waals surface area contributed by atoms with Gasteiger partial charge in [-0.25, -0.2) is 4.39 Å². The highest BCUT2D eigenvalue weighted by molar-refractivity contribution is 7.68. The van der Waals surface area contributed by atoms with E-state index in [2.05, 4.69) is 5.09 Å². The number of quaternary nitrogens is 1. The molecule has 1 atom stereocenters. The largest absolute Gasteiger partial charge is 0.456 e. The number of benzene rings is 3. The van der Waals surface area contributed by atoms with E-state index in [0.717, 1.165) is 29.8 Å². The van der Waals surface area contributed by atoms with Crippen LogP contribution in [0.5, 0.6) is 0 Å². The summed E-state index contributed by atoms with van der Waals surface area (Å²) < 4.78 is 39.6. The number of nitrogens with one attached hydrogen (secondary N) is 2. The molecular formula is C28H29FN2O3P+. The van der Waals surface area contributed by atoms with E-state index in [1.54, 1.807) is 11.6 Å². The van der Waals surface area contributed by atoms with Crippen LogP contribution in [0.2, 0.25) is 0 Å². The van der Waals surface area contributed by atoms with Crippen molar-refractivity contribution in [1.82, 2.24) is 5.09 Å². The molecule has 0 saturated carbocycles. The van der Waals surface area contributed by atoms with Crippen LogP contribution in [0.4, 0.5) is 4.39 Å². The van der Waals surface area contributed by atoms with E-state index in [-0.39, 0.29) is 11.9 Å². The zero-order valence-corrected chi connectivity index (χ0v) is 20.3. The smallest absolute Gasteiger partial charge is 0.198 e. The minimum absolute atomic E-state index is 0.00956. The third kappa shape index (κ3) is 5.80. The van der Waals surface area contributed by atoms with Crippen LogP contribution in [0.1, 0.15) is 22.7 Å². The zero-order valence-electron chi connectivity index (χ0n) is 19.4. The highest BCUT2D eigenvalue weighted by Gasteiger charge is 2.31. The molecule has 3 aromatic rings. The van der Waals surface area contributed by atoms with Crippen LogP contribution in [0.25, 0.3) is 11.5 Å². The molecule has 3 aromatic carbocycles. The molecule has 1 fully saturated rings. The Morgan fingerprint density at radius 1 is 0.829 bits per heavy atom. The van der Waals surface area contributed by atoms with Crippen LogP contribution >= 0.6 is 7.29 Å². The van der Waals surface area contributed by atoms with E-state index < -0.39 is 7.29 Å². The summed E-state index contributed by atoms with van der Waals surface area (Å²) in [6.07, 6.45) is 0. The normalized spacial score (nSPS) is 18.8. The SMILES string of the molecule is O=P1(NC[C@@H](c2ccc(F)cc2)[NH+]2CCOCC2)C=C(c2ccccc2)OC(c2ccccc2)=C1. The lowest BCUT2D eigenvalue weighted by Crippen LogP contribution is -3.15. The van der Waals surface area contributed by atoms with Gasteiger partial charge in [-0.15, -0.1) is 0 Å². The van der Waals surface area contributed by atoms with Gasteiger partial charge in [-0.1, -0.05) is 72.8 Å². The Morgan fingerprint density at radius 3 is 1.91 bits per heavy atom. The first-order valence-corrected chi connectivity index (χ1v) is 13.7. The van der Waals surface area contributed by atoms with Crippen molar-refractivity contribution >= 4 is 18.8 Å². The zero-order chi connectivity index (χ0) is 24.1. The fourth-order valence-corrected chi connectivity index (χ4v) is 6.35. The Balaban J connectivity index is 1.46. The monoisotopic (exact) mass is 491 g/mol. The topological polar surface area (TPSA) is 52.0 Å². The van der Waals surface area contributed by atoms with Gasteiger partial charge in [-0.3, -0.25) is 9.65 Å². The molecule has 0 unspecified atom stereocenters. The number of hydrogen-bond donors (Lipinski definition) is 2. The molecule has 1 saturated heterocycles. The maximum Gasteiger partial charge on any atom is 0.198 e. The molecule has 5 nitrogen and oxygen atoms in total. The Hall–Kier alpha value is -3.02. The average molecular weight is 492 g/mol. The van der Waals surface area contributed by atoms with E-state index in [9.17, 15) is 8.96 Å². The summed E-state index contributed by atoms with van der Waals surface area (Å²) in [6.45, 7) is 3.50. The van der Waals surface area contributed by atoms with Crippen molar-refractivity contribution in [1.29, 1.82) is 0 Å². The number of hydrogen-bond acceptors (Lipinski definition) is 3. The maximum absolute atomic E-state index is 14.2. The van der Waals surface area contributed by atoms with Crippen molar-refractivity contribution in [3.05, 3.63) is 119 Å². The van der Waals surface area contributed by atoms with Gasteiger partial charge in [0.2, 0.25) is 0 Å². The molecule has 5 rings (SSSR count).